The van der Waals surface area contributed by atoms with Gasteiger partial charge in [0.1, 0.15) is 0 Å². The molecule has 1 unspecified atom stereocenters. The number of nitrogens with one attached hydrogen (secondary N) is 1. The SMILES string of the molecule is CC(COCc1ccccc1)NC(=O)[C@@H](N)C(C)(C)C. The minimum Gasteiger partial charge on any atom is -0.375 e. The Balaban J connectivity index is 2.30. The van der Waals surface area contributed by atoms with Crippen LogP contribution in [-0.2, 0) is 16.1 Å². The topological polar surface area (TPSA) is 64.3 Å². The molecule has 0 spiro atoms. The molecule has 1 aromatic carbocycles. The van der Waals surface area contributed by atoms with Gasteiger partial charge in [0.2, 0.25) is 5.91 Å². The highest BCUT2D eigenvalue weighted by atomic mass is 16.5. The highest BCUT2D eigenvalue weighted by Crippen LogP contribution is 2.17. The zero-order chi connectivity index (χ0) is 15.2. The average molecular weight is 278 g/mol. The summed E-state index contributed by atoms with van der Waals surface area (Å²) >= 11 is 0. The van der Waals surface area contributed by atoms with Gasteiger partial charge in [-0.1, -0.05) is 51.1 Å². The van der Waals surface area contributed by atoms with Gasteiger partial charge in [0, 0.05) is 6.04 Å². The zero-order valence-electron chi connectivity index (χ0n) is 12.8. The van der Waals surface area contributed by atoms with E-state index in [-0.39, 0.29) is 17.4 Å². The van der Waals surface area contributed by atoms with Gasteiger partial charge in [-0.25, -0.2) is 0 Å². The van der Waals surface area contributed by atoms with Crippen LogP contribution in [0.2, 0.25) is 0 Å². The highest BCUT2D eigenvalue weighted by Gasteiger charge is 2.28. The number of carbonyl (C=O) groups is 1. The second-order valence-electron chi connectivity index (χ2n) is 6.25. The molecule has 3 N–H and O–H groups in total. The standard InChI is InChI=1S/C16H26N2O2/c1-12(18-15(19)14(17)16(2,3)4)10-20-11-13-8-6-5-7-9-13/h5-9,12,14H,10-11,17H2,1-4H3,(H,18,19)/t12?,14-/m1/s1. The zero-order valence-corrected chi connectivity index (χ0v) is 12.8. The van der Waals surface area contributed by atoms with E-state index in [0.717, 1.165) is 5.56 Å². The Hall–Kier alpha value is -1.39. The van der Waals surface area contributed by atoms with E-state index in [4.69, 9.17) is 10.5 Å². The summed E-state index contributed by atoms with van der Waals surface area (Å²) in [6.07, 6.45) is 0. The van der Waals surface area contributed by atoms with E-state index in [1.807, 2.05) is 58.0 Å². The molecular weight excluding hydrogens is 252 g/mol. The number of amides is 1. The molecule has 4 nitrogen and oxygen atoms in total. The predicted octanol–water partition coefficient (Wildman–Crippen LogP) is 2.08. The Labute approximate surface area is 121 Å². The van der Waals surface area contributed by atoms with Gasteiger partial charge < -0.3 is 15.8 Å². The fourth-order valence-corrected chi connectivity index (χ4v) is 1.70. The van der Waals surface area contributed by atoms with E-state index in [1.54, 1.807) is 0 Å². The van der Waals surface area contributed by atoms with Crippen molar-refractivity contribution in [3.05, 3.63) is 35.9 Å². The van der Waals surface area contributed by atoms with Crippen LogP contribution in [0.15, 0.2) is 30.3 Å². The third-order valence-electron chi connectivity index (χ3n) is 3.08. The number of benzene rings is 1. The molecule has 0 saturated heterocycles. The van der Waals surface area contributed by atoms with Gasteiger partial charge in [-0.05, 0) is 17.9 Å². The number of nitrogens with two attached hydrogens (primary N) is 1. The second kappa shape index (κ2) is 7.41. The molecule has 0 fully saturated rings. The average Bonchev–Trinajstić information content (AvgIpc) is 2.38. The molecule has 1 aromatic rings. The summed E-state index contributed by atoms with van der Waals surface area (Å²) < 4.78 is 5.59. The van der Waals surface area contributed by atoms with Crippen molar-refractivity contribution in [2.75, 3.05) is 6.61 Å². The van der Waals surface area contributed by atoms with E-state index < -0.39 is 6.04 Å². The van der Waals surface area contributed by atoms with Gasteiger partial charge in [-0.2, -0.15) is 0 Å². The molecule has 112 valence electrons. The van der Waals surface area contributed by atoms with Gasteiger partial charge in [-0.3, -0.25) is 4.79 Å². The molecule has 4 heteroatoms. The molecule has 0 aliphatic heterocycles. The maximum atomic E-state index is 11.9. The van der Waals surface area contributed by atoms with Crippen LogP contribution < -0.4 is 11.1 Å². The summed E-state index contributed by atoms with van der Waals surface area (Å²) in [5.41, 5.74) is 6.79. The van der Waals surface area contributed by atoms with E-state index in [9.17, 15) is 4.79 Å². The number of carbonyl (C=O) groups excluding carboxylic acids is 1. The van der Waals surface area contributed by atoms with E-state index >= 15 is 0 Å². The summed E-state index contributed by atoms with van der Waals surface area (Å²) in [5.74, 6) is -0.131. The van der Waals surface area contributed by atoms with Crippen molar-refractivity contribution in [3.63, 3.8) is 0 Å². The summed E-state index contributed by atoms with van der Waals surface area (Å²) in [6, 6.07) is 9.38. The molecule has 2 atom stereocenters. The van der Waals surface area contributed by atoms with Gasteiger partial charge in [0.25, 0.3) is 0 Å². The molecule has 0 radical (unpaired) electrons. The number of rotatable bonds is 6. The van der Waals surface area contributed by atoms with Gasteiger partial charge in [0.05, 0.1) is 19.3 Å². The maximum absolute atomic E-state index is 11.9. The molecule has 20 heavy (non-hydrogen) atoms. The molecule has 0 saturated carbocycles. The van der Waals surface area contributed by atoms with Crippen LogP contribution in [0.3, 0.4) is 0 Å². The molecule has 0 heterocycles. The fourth-order valence-electron chi connectivity index (χ4n) is 1.70. The van der Waals surface area contributed by atoms with Crippen molar-refractivity contribution in [1.82, 2.24) is 5.32 Å². The van der Waals surface area contributed by atoms with Crippen molar-refractivity contribution in [1.29, 1.82) is 0 Å². The van der Waals surface area contributed by atoms with Crippen LogP contribution in [0.4, 0.5) is 0 Å². The summed E-state index contributed by atoms with van der Waals surface area (Å²) in [4.78, 5) is 11.9. The van der Waals surface area contributed by atoms with Crippen molar-refractivity contribution in [3.8, 4) is 0 Å². The van der Waals surface area contributed by atoms with Crippen molar-refractivity contribution in [2.24, 2.45) is 11.1 Å². The normalized spacial score (nSPS) is 14.7. The van der Waals surface area contributed by atoms with Gasteiger partial charge in [-0.15, -0.1) is 0 Å². The molecule has 0 aliphatic rings. The first-order valence-electron chi connectivity index (χ1n) is 6.98. The second-order valence-corrected chi connectivity index (χ2v) is 6.25. The lowest BCUT2D eigenvalue weighted by Crippen LogP contribution is -2.51. The molecule has 0 bridgehead atoms. The van der Waals surface area contributed by atoms with E-state index in [2.05, 4.69) is 5.32 Å². The first-order chi connectivity index (χ1) is 9.30. The predicted molar refractivity (Wildman–Crippen MR) is 81.1 cm³/mol. The van der Waals surface area contributed by atoms with Crippen LogP contribution >= 0.6 is 0 Å². The van der Waals surface area contributed by atoms with Crippen molar-refractivity contribution < 1.29 is 9.53 Å². The van der Waals surface area contributed by atoms with E-state index in [0.29, 0.717) is 13.2 Å². The van der Waals surface area contributed by atoms with Gasteiger partial charge >= 0.3 is 0 Å². The number of hydrogen-bond acceptors (Lipinski definition) is 3. The molecule has 1 amide bonds. The summed E-state index contributed by atoms with van der Waals surface area (Å²) in [5, 5.41) is 2.88. The quantitative estimate of drug-likeness (QED) is 0.837. The number of hydrogen-bond donors (Lipinski definition) is 2. The first kappa shape index (κ1) is 16.7. The van der Waals surface area contributed by atoms with Crippen LogP contribution in [0.5, 0.6) is 0 Å². The Morgan fingerprint density at radius 2 is 1.90 bits per heavy atom. The lowest BCUT2D eigenvalue weighted by molar-refractivity contribution is -0.125. The van der Waals surface area contributed by atoms with Gasteiger partial charge in [0.15, 0.2) is 0 Å². The first-order valence-corrected chi connectivity index (χ1v) is 6.98. The smallest absolute Gasteiger partial charge is 0.237 e. The minimum absolute atomic E-state index is 0.0559. The van der Waals surface area contributed by atoms with Crippen LogP contribution in [0, 0.1) is 5.41 Å². The Kier molecular flexibility index (Phi) is 6.17. The molecular formula is C16H26N2O2. The number of ether oxygens (including phenoxy) is 1. The summed E-state index contributed by atoms with van der Waals surface area (Å²) in [6.45, 7) is 8.79. The highest BCUT2D eigenvalue weighted by molar-refractivity contribution is 5.82. The van der Waals surface area contributed by atoms with Crippen LogP contribution in [-0.4, -0.2) is 24.6 Å². The third kappa shape index (κ3) is 5.72. The lowest BCUT2D eigenvalue weighted by atomic mass is 9.87. The third-order valence-corrected chi connectivity index (χ3v) is 3.08. The molecule has 1 rings (SSSR count). The summed E-state index contributed by atoms with van der Waals surface area (Å²) in [7, 11) is 0. The Morgan fingerprint density at radius 1 is 1.30 bits per heavy atom. The fraction of sp³-hybridized carbons (Fsp3) is 0.562. The van der Waals surface area contributed by atoms with Crippen molar-refractivity contribution in [2.45, 2.75) is 46.4 Å². The Morgan fingerprint density at radius 3 is 2.45 bits per heavy atom. The van der Waals surface area contributed by atoms with Crippen molar-refractivity contribution >= 4 is 5.91 Å². The minimum atomic E-state index is -0.515. The van der Waals surface area contributed by atoms with Crippen LogP contribution in [0.25, 0.3) is 0 Å². The maximum Gasteiger partial charge on any atom is 0.237 e. The van der Waals surface area contributed by atoms with E-state index in [1.165, 1.54) is 0 Å². The monoisotopic (exact) mass is 278 g/mol. The molecule has 0 aliphatic carbocycles. The van der Waals surface area contributed by atoms with Crippen LogP contribution in [0.1, 0.15) is 33.3 Å². The Bertz CT molecular complexity index is 412. The lowest BCUT2D eigenvalue weighted by Gasteiger charge is -2.27. The largest absolute Gasteiger partial charge is 0.375 e. The molecule has 0 aromatic heterocycles.